The van der Waals surface area contributed by atoms with Gasteiger partial charge in [0.15, 0.2) is 0 Å². The first-order valence-corrected chi connectivity index (χ1v) is 12.0. The number of hydrogen-bond donors (Lipinski definition) is 0. The van der Waals surface area contributed by atoms with E-state index in [1.54, 1.807) is 0 Å². The Morgan fingerprint density at radius 3 is 1.35 bits per heavy atom. The second-order valence-electron chi connectivity index (χ2n) is 5.34. The van der Waals surface area contributed by atoms with Crippen molar-refractivity contribution in [1.82, 2.24) is 0 Å². The van der Waals surface area contributed by atoms with E-state index in [9.17, 15) is 4.79 Å². The van der Waals surface area contributed by atoms with Gasteiger partial charge in [-0.25, -0.2) is 0 Å². The molecule has 0 fully saturated rings. The third kappa shape index (κ3) is 4.99. The molecule has 0 aromatic heterocycles. The first-order valence-electron chi connectivity index (χ1n) is 7.17. The van der Waals surface area contributed by atoms with Crippen molar-refractivity contribution >= 4 is 26.3 Å². The van der Waals surface area contributed by atoms with Gasteiger partial charge in [0.1, 0.15) is 0 Å². The van der Waals surface area contributed by atoms with E-state index in [-0.39, 0.29) is 0 Å². The Morgan fingerprint density at radius 2 is 1.18 bits per heavy atom. The Labute approximate surface area is 116 Å². The Hall–Kier alpha value is 0.580. The SMILES string of the molecule is CCCCP(Br)(CCCC)(CCCC)C(C)=O. The van der Waals surface area contributed by atoms with Gasteiger partial charge in [-0.1, -0.05) is 0 Å². The molecule has 0 atom stereocenters. The van der Waals surface area contributed by atoms with E-state index in [1.807, 2.05) is 6.92 Å². The van der Waals surface area contributed by atoms with Crippen molar-refractivity contribution in [2.45, 2.75) is 66.2 Å². The van der Waals surface area contributed by atoms with Crippen LogP contribution in [0.2, 0.25) is 0 Å². The molecule has 1 nitrogen and oxygen atoms in total. The van der Waals surface area contributed by atoms with Crippen molar-refractivity contribution in [3.63, 3.8) is 0 Å². The fraction of sp³-hybridized carbons (Fsp3) is 0.929. The van der Waals surface area contributed by atoms with Gasteiger partial charge in [0, 0.05) is 0 Å². The number of carbonyl (C=O) groups excluding carboxylic acids is 1. The van der Waals surface area contributed by atoms with Gasteiger partial charge in [0.25, 0.3) is 0 Å². The normalized spacial score (nSPS) is 14.3. The summed E-state index contributed by atoms with van der Waals surface area (Å²) in [6, 6.07) is 0. The van der Waals surface area contributed by atoms with E-state index in [4.69, 9.17) is 0 Å². The second-order valence-corrected chi connectivity index (χ2v) is 16.1. The van der Waals surface area contributed by atoms with E-state index in [2.05, 4.69) is 36.3 Å². The molecule has 0 unspecified atom stereocenters. The standard InChI is InChI=1S/C14H30BrOP/c1-5-8-11-17(15,14(4)16,12-9-6-2)13-10-7-3/h5-13H2,1-4H3. The third-order valence-electron chi connectivity index (χ3n) is 3.86. The van der Waals surface area contributed by atoms with Crippen LogP contribution in [0.4, 0.5) is 0 Å². The molecule has 0 bridgehead atoms. The number of carbonyl (C=O) groups is 1. The molecule has 0 aliphatic heterocycles. The molecule has 104 valence electrons. The number of unbranched alkanes of at least 4 members (excludes halogenated alkanes) is 3. The van der Waals surface area contributed by atoms with E-state index < -0.39 is 5.31 Å². The molecular formula is C14H30BrOP. The molecule has 17 heavy (non-hydrogen) atoms. The summed E-state index contributed by atoms with van der Waals surface area (Å²) in [4.78, 5) is 12.3. The van der Waals surface area contributed by atoms with Crippen LogP contribution in [0.1, 0.15) is 66.2 Å². The Balaban J connectivity index is 4.98. The molecule has 0 saturated carbocycles. The number of hydrogen-bond acceptors (Lipinski definition) is 1. The summed E-state index contributed by atoms with van der Waals surface area (Å²) < 4.78 is 0. The average Bonchev–Trinajstić information content (AvgIpc) is 2.32. The Morgan fingerprint density at radius 1 is 0.882 bits per heavy atom. The molecule has 3 heteroatoms. The van der Waals surface area contributed by atoms with Crippen molar-refractivity contribution in [3.8, 4) is 0 Å². The van der Waals surface area contributed by atoms with E-state index >= 15 is 0 Å². The molecule has 0 aromatic carbocycles. The van der Waals surface area contributed by atoms with E-state index in [0.29, 0.717) is 5.52 Å². The van der Waals surface area contributed by atoms with Crippen LogP contribution in [0.5, 0.6) is 0 Å². The van der Waals surface area contributed by atoms with Crippen LogP contribution in [0.25, 0.3) is 0 Å². The minimum absolute atomic E-state index is 0.464. The van der Waals surface area contributed by atoms with Gasteiger partial charge in [-0.05, 0) is 0 Å². The predicted molar refractivity (Wildman–Crippen MR) is 85.9 cm³/mol. The molecule has 0 saturated heterocycles. The number of rotatable bonds is 10. The van der Waals surface area contributed by atoms with E-state index in [0.717, 1.165) is 18.5 Å². The summed E-state index contributed by atoms with van der Waals surface area (Å²) in [5.41, 5.74) is 0.464. The maximum absolute atomic E-state index is 12.3. The van der Waals surface area contributed by atoms with Crippen LogP contribution in [0, 0.1) is 0 Å². The predicted octanol–water partition coefficient (Wildman–Crippen LogP) is 5.80. The van der Waals surface area contributed by atoms with Crippen LogP contribution in [-0.2, 0) is 4.79 Å². The van der Waals surface area contributed by atoms with Crippen molar-refractivity contribution in [2.75, 3.05) is 18.5 Å². The summed E-state index contributed by atoms with van der Waals surface area (Å²) in [6.45, 7) is 8.48. The minimum atomic E-state index is -2.24. The molecule has 0 radical (unpaired) electrons. The molecule has 0 amide bonds. The summed E-state index contributed by atoms with van der Waals surface area (Å²) in [5, 5.41) is -2.24. The molecule has 0 heterocycles. The van der Waals surface area contributed by atoms with Gasteiger partial charge in [-0.15, -0.1) is 0 Å². The second kappa shape index (κ2) is 7.89. The average molecular weight is 325 g/mol. The topological polar surface area (TPSA) is 17.1 Å². The van der Waals surface area contributed by atoms with Crippen molar-refractivity contribution in [2.24, 2.45) is 0 Å². The van der Waals surface area contributed by atoms with Crippen LogP contribution >= 0.6 is 20.8 Å². The third-order valence-corrected chi connectivity index (χ3v) is 14.1. The molecule has 0 rings (SSSR count). The van der Waals surface area contributed by atoms with Gasteiger partial charge in [-0.2, -0.15) is 0 Å². The molecule has 0 aliphatic rings. The van der Waals surface area contributed by atoms with Gasteiger partial charge in [-0.3, -0.25) is 0 Å². The van der Waals surface area contributed by atoms with Crippen molar-refractivity contribution in [1.29, 1.82) is 0 Å². The Kier molecular flexibility index (Phi) is 8.16. The summed E-state index contributed by atoms with van der Waals surface area (Å²) in [6.07, 6.45) is 10.5. The van der Waals surface area contributed by atoms with Crippen molar-refractivity contribution < 1.29 is 4.79 Å². The first-order chi connectivity index (χ1) is 7.93. The summed E-state index contributed by atoms with van der Waals surface area (Å²) in [5.74, 6) is 0. The molecule has 0 aromatic rings. The van der Waals surface area contributed by atoms with Crippen LogP contribution in [0.3, 0.4) is 0 Å². The van der Waals surface area contributed by atoms with E-state index in [1.165, 1.54) is 38.5 Å². The van der Waals surface area contributed by atoms with Gasteiger partial charge >= 0.3 is 116 Å². The zero-order chi connectivity index (χ0) is 13.4. The van der Waals surface area contributed by atoms with Crippen LogP contribution in [0.15, 0.2) is 0 Å². The fourth-order valence-electron chi connectivity index (χ4n) is 2.37. The van der Waals surface area contributed by atoms with Crippen molar-refractivity contribution in [3.05, 3.63) is 0 Å². The first kappa shape index (κ1) is 17.6. The molecule has 0 N–H and O–H groups in total. The maximum atomic E-state index is 12.3. The zero-order valence-electron chi connectivity index (χ0n) is 12.1. The number of halogens is 1. The van der Waals surface area contributed by atoms with Gasteiger partial charge in [0.2, 0.25) is 0 Å². The zero-order valence-corrected chi connectivity index (χ0v) is 14.6. The van der Waals surface area contributed by atoms with Gasteiger partial charge in [0.05, 0.1) is 0 Å². The summed E-state index contributed by atoms with van der Waals surface area (Å²) >= 11 is 4.04. The molecule has 0 aliphatic carbocycles. The monoisotopic (exact) mass is 324 g/mol. The quantitative estimate of drug-likeness (QED) is 0.464. The molecular weight excluding hydrogens is 295 g/mol. The van der Waals surface area contributed by atoms with Gasteiger partial charge < -0.3 is 0 Å². The fourth-order valence-corrected chi connectivity index (χ4v) is 9.37. The van der Waals surface area contributed by atoms with Crippen LogP contribution < -0.4 is 0 Å². The summed E-state index contributed by atoms with van der Waals surface area (Å²) in [7, 11) is 0. The molecule has 0 spiro atoms. The Bertz CT molecular complexity index is 216. The van der Waals surface area contributed by atoms with Crippen LogP contribution in [-0.4, -0.2) is 24.0 Å².